The van der Waals surface area contributed by atoms with Gasteiger partial charge in [-0.05, 0) is 36.8 Å². The second kappa shape index (κ2) is 8.99. The van der Waals surface area contributed by atoms with Gasteiger partial charge in [0.05, 0.1) is 5.56 Å². The van der Waals surface area contributed by atoms with Crippen LogP contribution < -0.4 is 5.32 Å². The Balaban J connectivity index is 2.14. The third kappa shape index (κ3) is 5.16. The minimum absolute atomic E-state index is 0.116. The topological polar surface area (TPSA) is 72.5 Å². The number of ketones is 1. The van der Waals surface area contributed by atoms with Gasteiger partial charge in [-0.2, -0.15) is 0 Å². The van der Waals surface area contributed by atoms with Gasteiger partial charge < -0.3 is 10.1 Å². The van der Waals surface area contributed by atoms with Gasteiger partial charge in [-0.15, -0.1) is 0 Å². The predicted molar refractivity (Wildman–Crippen MR) is 94.9 cm³/mol. The summed E-state index contributed by atoms with van der Waals surface area (Å²) in [6, 6.07) is 12.7. The Morgan fingerprint density at radius 1 is 1.00 bits per heavy atom. The quantitative estimate of drug-likeness (QED) is 0.608. The molecule has 0 aliphatic carbocycles. The Morgan fingerprint density at radius 3 is 2.28 bits per heavy atom. The van der Waals surface area contributed by atoms with Crippen molar-refractivity contribution in [3.63, 3.8) is 0 Å². The zero-order chi connectivity index (χ0) is 18.2. The van der Waals surface area contributed by atoms with Crippen LogP contribution in [0.25, 0.3) is 0 Å². The van der Waals surface area contributed by atoms with Crippen molar-refractivity contribution in [3.05, 3.63) is 70.2 Å². The number of carbonyl (C=O) groups is 3. The van der Waals surface area contributed by atoms with E-state index in [4.69, 9.17) is 16.3 Å². The van der Waals surface area contributed by atoms with Gasteiger partial charge in [-0.1, -0.05) is 36.7 Å². The van der Waals surface area contributed by atoms with Crippen molar-refractivity contribution in [2.45, 2.75) is 13.3 Å². The fourth-order valence-electron chi connectivity index (χ4n) is 2.14. The van der Waals surface area contributed by atoms with Crippen LogP contribution in [0.5, 0.6) is 0 Å². The molecule has 0 saturated heterocycles. The van der Waals surface area contributed by atoms with Crippen LogP contribution in [0.15, 0.2) is 48.5 Å². The summed E-state index contributed by atoms with van der Waals surface area (Å²) in [5, 5.41) is 3.13. The van der Waals surface area contributed by atoms with E-state index in [1.165, 1.54) is 6.07 Å². The van der Waals surface area contributed by atoms with Gasteiger partial charge in [0.2, 0.25) is 0 Å². The highest BCUT2D eigenvalue weighted by atomic mass is 35.5. The lowest BCUT2D eigenvalue weighted by atomic mass is 9.98. The molecule has 0 fully saturated rings. The fourth-order valence-corrected chi connectivity index (χ4v) is 2.27. The molecule has 130 valence electrons. The first-order chi connectivity index (χ1) is 12.0. The molecule has 1 amide bonds. The molecule has 0 aliphatic heterocycles. The molecule has 0 aliphatic rings. The van der Waals surface area contributed by atoms with Crippen molar-refractivity contribution in [1.29, 1.82) is 0 Å². The van der Waals surface area contributed by atoms with Crippen molar-refractivity contribution < 1.29 is 19.1 Å². The number of rotatable bonds is 7. The number of hydrogen-bond donors (Lipinski definition) is 1. The molecule has 6 heteroatoms. The van der Waals surface area contributed by atoms with Gasteiger partial charge in [-0.3, -0.25) is 9.59 Å². The van der Waals surface area contributed by atoms with Crippen molar-refractivity contribution in [2.75, 3.05) is 13.2 Å². The lowest BCUT2D eigenvalue weighted by Gasteiger charge is -2.09. The minimum atomic E-state index is -0.718. The lowest BCUT2D eigenvalue weighted by Crippen LogP contribution is -2.29. The number of halogens is 1. The molecule has 0 aromatic heterocycles. The maximum atomic E-state index is 12.6. The maximum Gasteiger partial charge on any atom is 0.339 e. The summed E-state index contributed by atoms with van der Waals surface area (Å²) in [4.78, 5) is 36.4. The summed E-state index contributed by atoms with van der Waals surface area (Å²) >= 11 is 5.83. The van der Waals surface area contributed by atoms with Crippen molar-refractivity contribution >= 4 is 29.3 Å². The van der Waals surface area contributed by atoms with E-state index in [1.807, 2.05) is 6.92 Å². The summed E-state index contributed by atoms with van der Waals surface area (Å²) < 4.78 is 5.01. The van der Waals surface area contributed by atoms with Crippen LogP contribution in [0, 0.1) is 0 Å². The average molecular weight is 360 g/mol. The zero-order valence-corrected chi connectivity index (χ0v) is 14.5. The highest BCUT2D eigenvalue weighted by molar-refractivity contribution is 6.30. The smallest absolute Gasteiger partial charge is 0.339 e. The highest BCUT2D eigenvalue weighted by Gasteiger charge is 2.19. The number of hydrogen-bond acceptors (Lipinski definition) is 4. The average Bonchev–Trinajstić information content (AvgIpc) is 2.64. The summed E-state index contributed by atoms with van der Waals surface area (Å²) in [6.45, 7) is 2.05. The van der Waals surface area contributed by atoms with E-state index in [0.717, 1.165) is 6.42 Å². The Kier molecular flexibility index (Phi) is 6.71. The van der Waals surface area contributed by atoms with Crippen molar-refractivity contribution in [1.82, 2.24) is 5.32 Å². The fraction of sp³-hybridized carbons (Fsp3) is 0.211. The predicted octanol–water partition coefficient (Wildman–Crippen LogP) is 3.25. The molecule has 0 unspecified atom stereocenters. The number of benzene rings is 2. The molecule has 0 bridgehead atoms. The van der Waals surface area contributed by atoms with E-state index >= 15 is 0 Å². The molecule has 0 radical (unpaired) electrons. The van der Waals surface area contributed by atoms with Crippen LogP contribution >= 0.6 is 11.6 Å². The number of nitrogens with one attached hydrogen (secondary N) is 1. The van der Waals surface area contributed by atoms with E-state index in [1.54, 1.807) is 42.5 Å². The largest absolute Gasteiger partial charge is 0.452 e. The van der Waals surface area contributed by atoms with Crippen LogP contribution in [0.3, 0.4) is 0 Å². The molecule has 25 heavy (non-hydrogen) atoms. The highest BCUT2D eigenvalue weighted by Crippen LogP contribution is 2.17. The van der Waals surface area contributed by atoms with Crippen LogP contribution in [0.4, 0.5) is 0 Å². The first-order valence-corrected chi connectivity index (χ1v) is 8.24. The van der Waals surface area contributed by atoms with Gasteiger partial charge in [0.1, 0.15) is 0 Å². The van der Waals surface area contributed by atoms with Gasteiger partial charge in [0.25, 0.3) is 5.91 Å². The Labute approximate surface area is 150 Å². The van der Waals surface area contributed by atoms with Gasteiger partial charge in [0.15, 0.2) is 12.4 Å². The Bertz CT molecular complexity index is 771. The van der Waals surface area contributed by atoms with E-state index in [0.29, 0.717) is 17.1 Å². The molecule has 1 N–H and O–H groups in total. The molecule has 2 aromatic carbocycles. The summed E-state index contributed by atoms with van der Waals surface area (Å²) in [7, 11) is 0. The van der Waals surface area contributed by atoms with Gasteiger partial charge in [-0.25, -0.2) is 4.79 Å². The second-order valence-corrected chi connectivity index (χ2v) is 5.74. The molecule has 0 spiro atoms. The third-order valence-corrected chi connectivity index (χ3v) is 3.66. The van der Waals surface area contributed by atoms with Crippen LogP contribution in [-0.2, 0) is 9.53 Å². The van der Waals surface area contributed by atoms with Gasteiger partial charge >= 0.3 is 5.97 Å². The van der Waals surface area contributed by atoms with Crippen LogP contribution in [-0.4, -0.2) is 30.8 Å². The first kappa shape index (κ1) is 18.7. The third-order valence-electron chi connectivity index (χ3n) is 3.40. The van der Waals surface area contributed by atoms with E-state index in [9.17, 15) is 14.4 Å². The summed E-state index contributed by atoms with van der Waals surface area (Å²) in [5.41, 5.74) is 0.736. The van der Waals surface area contributed by atoms with Crippen LogP contribution in [0.1, 0.15) is 39.6 Å². The van der Waals surface area contributed by atoms with E-state index in [-0.39, 0.29) is 29.4 Å². The maximum absolute atomic E-state index is 12.6. The number of amides is 1. The van der Waals surface area contributed by atoms with Crippen LogP contribution in [0.2, 0.25) is 5.02 Å². The SMILES string of the molecule is CCCNC(=O)COC(=O)c1ccccc1C(=O)c1ccc(Cl)cc1. The first-order valence-electron chi connectivity index (χ1n) is 7.86. The lowest BCUT2D eigenvalue weighted by molar-refractivity contribution is -0.124. The van der Waals surface area contributed by atoms with E-state index in [2.05, 4.69) is 5.32 Å². The summed E-state index contributed by atoms with van der Waals surface area (Å²) in [6.07, 6.45) is 0.790. The molecule has 0 atom stereocenters. The minimum Gasteiger partial charge on any atom is -0.452 e. The normalized spacial score (nSPS) is 10.2. The standard InChI is InChI=1S/C19H18ClNO4/c1-2-11-21-17(22)12-25-19(24)16-6-4-3-5-15(16)18(23)13-7-9-14(20)10-8-13/h3-10H,2,11-12H2,1H3,(H,21,22). The number of carbonyl (C=O) groups excluding carboxylic acids is 3. The second-order valence-electron chi connectivity index (χ2n) is 5.31. The van der Waals surface area contributed by atoms with Gasteiger partial charge in [0, 0.05) is 22.7 Å². The molecule has 2 rings (SSSR count). The molecule has 0 saturated carbocycles. The van der Waals surface area contributed by atoms with Crippen molar-refractivity contribution in [2.24, 2.45) is 0 Å². The summed E-state index contributed by atoms with van der Waals surface area (Å²) in [5.74, 6) is -1.42. The molecule has 2 aromatic rings. The number of esters is 1. The van der Waals surface area contributed by atoms with Crippen molar-refractivity contribution in [3.8, 4) is 0 Å². The number of ether oxygens (including phenoxy) is 1. The molecular formula is C19H18ClNO4. The Hall–Kier alpha value is -2.66. The van der Waals surface area contributed by atoms with E-state index < -0.39 is 5.97 Å². The molecule has 5 nitrogen and oxygen atoms in total. The zero-order valence-electron chi connectivity index (χ0n) is 13.8. The molecule has 0 heterocycles. The monoisotopic (exact) mass is 359 g/mol. The Morgan fingerprint density at radius 2 is 1.64 bits per heavy atom. The molecular weight excluding hydrogens is 342 g/mol.